The number of carbonyl (C=O) groups excluding carboxylic acids is 1. The number of non-ortho nitro benzene ring substituents is 1. The maximum atomic E-state index is 12.3. The summed E-state index contributed by atoms with van der Waals surface area (Å²) in [5.41, 5.74) is 2.67. The summed E-state index contributed by atoms with van der Waals surface area (Å²) < 4.78 is 1.95. The van der Waals surface area contributed by atoms with Crippen LogP contribution in [-0.4, -0.2) is 25.6 Å². The van der Waals surface area contributed by atoms with E-state index >= 15 is 0 Å². The van der Waals surface area contributed by atoms with Crippen molar-refractivity contribution in [3.05, 3.63) is 81.2 Å². The average Bonchev–Trinajstić information content (AvgIpc) is 3.12. The maximum Gasteiger partial charge on any atom is 0.269 e. The van der Waals surface area contributed by atoms with Gasteiger partial charge in [-0.3, -0.25) is 14.9 Å². The number of nitro groups is 1. The Balaban J connectivity index is 1.62. The van der Waals surface area contributed by atoms with Crippen molar-refractivity contribution >= 4 is 23.4 Å². The molecule has 1 N–H and O–H groups in total. The second-order valence-corrected chi connectivity index (χ2v) is 7.35. The SMILES string of the molecule is CCn1c(CNC(=O)c2cccc(C)c2)nnc1SCc1ccc([N+](=O)[O-])cc1. The van der Waals surface area contributed by atoms with Gasteiger partial charge in [-0.1, -0.05) is 41.6 Å². The van der Waals surface area contributed by atoms with E-state index in [1.165, 1.54) is 23.9 Å². The van der Waals surface area contributed by atoms with Crippen molar-refractivity contribution in [1.82, 2.24) is 20.1 Å². The third kappa shape index (κ3) is 5.20. The van der Waals surface area contributed by atoms with Gasteiger partial charge < -0.3 is 9.88 Å². The van der Waals surface area contributed by atoms with Crippen LogP contribution in [-0.2, 0) is 18.8 Å². The lowest BCUT2D eigenvalue weighted by atomic mass is 10.1. The minimum atomic E-state index is -0.415. The number of hydrogen-bond acceptors (Lipinski definition) is 6. The van der Waals surface area contributed by atoms with Gasteiger partial charge in [-0.2, -0.15) is 0 Å². The summed E-state index contributed by atoms with van der Waals surface area (Å²) in [6.45, 7) is 4.89. The van der Waals surface area contributed by atoms with Crippen LogP contribution in [0.4, 0.5) is 5.69 Å². The molecular formula is C20H21N5O3S. The molecule has 3 aromatic rings. The Bertz CT molecular complexity index is 1020. The van der Waals surface area contributed by atoms with Gasteiger partial charge >= 0.3 is 0 Å². The number of benzene rings is 2. The smallest absolute Gasteiger partial charge is 0.269 e. The fourth-order valence-corrected chi connectivity index (χ4v) is 3.76. The topological polar surface area (TPSA) is 103 Å². The summed E-state index contributed by atoms with van der Waals surface area (Å²) in [5, 5.41) is 22.8. The number of hydrogen-bond donors (Lipinski definition) is 1. The molecule has 0 atom stereocenters. The summed E-state index contributed by atoms with van der Waals surface area (Å²) in [4.78, 5) is 22.7. The third-order valence-electron chi connectivity index (χ3n) is 4.31. The monoisotopic (exact) mass is 411 g/mol. The molecule has 1 heterocycles. The molecule has 0 saturated carbocycles. The zero-order valence-electron chi connectivity index (χ0n) is 16.2. The number of aryl methyl sites for hydroxylation is 1. The molecular weight excluding hydrogens is 390 g/mol. The summed E-state index contributed by atoms with van der Waals surface area (Å²) in [6, 6.07) is 13.9. The van der Waals surface area contributed by atoms with E-state index < -0.39 is 4.92 Å². The molecule has 1 aromatic heterocycles. The van der Waals surface area contributed by atoms with Gasteiger partial charge in [0.05, 0.1) is 11.5 Å². The van der Waals surface area contributed by atoms with Crippen LogP contribution < -0.4 is 5.32 Å². The highest BCUT2D eigenvalue weighted by atomic mass is 32.2. The van der Waals surface area contributed by atoms with E-state index in [4.69, 9.17) is 0 Å². The van der Waals surface area contributed by atoms with Gasteiger partial charge in [0, 0.05) is 30.0 Å². The van der Waals surface area contributed by atoms with Crippen molar-refractivity contribution in [2.24, 2.45) is 0 Å². The van der Waals surface area contributed by atoms with Crippen LogP contribution in [0.5, 0.6) is 0 Å². The van der Waals surface area contributed by atoms with E-state index in [2.05, 4.69) is 15.5 Å². The van der Waals surface area contributed by atoms with Crippen LogP contribution in [0.2, 0.25) is 0 Å². The van der Waals surface area contributed by atoms with Crippen LogP contribution in [0.1, 0.15) is 34.2 Å². The van der Waals surface area contributed by atoms with Crippen LogP contribution in [0, 0.1) is 17.0 Å². The van der Waals surface area contributed by atoms with Gasteiger partial charge in [-0.15, -0.1) is 10.2 Å². The van der Waals surface area contributed by atoms with E-state index in [9.17, 15) is 14.9 Å². The van der Waals surface area contributed by atoms with Gasteiger partial charge in [-0.05, 0) is 31.5 Å². The number of aromatic nitrogens is 3. The van der Waals surface area contributed by atoms with Crippen molar-refractivity contribution in [3.8, 4) is 0 Å². The normalized spacial score (nSPS) is 10.7. The first-order chi connectivity index (χ1) is 14.0. The predicted octanol–water partition coefficient (Wildman–Crippen LogP) is 3.74. The predicted molar refractivity (Wildman–Crippen MR) is 111 cm³/mol. The Morgan fingerprint density at radius 1 is 1.21 bits per heavy atom. The number of nitrogens with zero attached hydrogens (tertiary/aromatic N) is 4. The summed E-state index contributed by atoms with van der Waals surface area (Å²) in [5.74, 6) is 1.14. The van der Waals surface area contributed by atoms with Crippen molar-refractivity contribution in [2.75, 3.05) is 0 Å². The summed E-state index contributed by atoms with van der Waals surface area (Å²) in [7, 11) is 0. The fraction of sp³-hybridized carbons (Fsp3) is 0.250. The minimum absolute atomic E-state index is 0.0714. The molecule has 0 aliphatic heterocycles. The first-order valence-corrected chi connectivity index (χ1v) is 10.1. The van der Waals surface area contributed by atoms with Crippen LogP contribution >= 0.6 is 11.8 Å². The van der Waals surface area contributed by atoms with Crippen molar-refractivity contribution < 1.29 is 9.72 Å². The Morgan fingerprint density at radius 2 is 1.97 bits per heavy atom. The van der Waals surface area contributed by atoms with E-state index in [0.717, 1.165) is 16.3 Å². The van der Waals surface area contributed by atoms with Crippen molar-refractivity contribution in [1.29, 1.82) is 0 Å². The minimum Gasteiger partial charge on any atom is -0.345 e. The third-order valence-corrected chi connectivity index (χ3v) is 5.35. The van der Waals surface area contributed by atoms with Crippen LogP contribution in [0.3, 0.4) is 0 Å². The lowest BCUT2D eigenvalue weighted by Crippen LogP contribution is -2.24. The quantitative estimate of drug-likeness (QED) is 0.344. The highest BCUT2D eigenvalue weighted by molar-refractivity contribution is 7.98. The average molecular weight is 411 g/mol. The number of thioether (sulfide) groups is 1. The number of amides is 1. The largest absolute Gasteiger partial charge is 0.345 e. The molecule has 150 valence electrons. The molecule has 9 heteroatoms. The molecule has 0 bridgehead atoms. The number of rotatable bonds is 8. The van der Waals surface area contributed by atoms with Crippen LogP contribution in [0.25, 0.3) is 0 Å². The molecule has 1 amide bonds. The number of nitrogens with one attached hydrogen (secondary N) is 1. The first kappa shape index (κ1) is 20.5. The molecule has 29 heavy (non-hydrogen) atoms. The lowest BCUT2D eigenvalue weighted by Gasteiger charge is -2.09. The highest BCUT2D eigenvalue weighted by Gasteiger charge is 2.14. The molecule has 0 unspecified atom stereocenters. The molecule has 0 aliphatic carbocycles. The van der Waals surface area contributed by atoms with E-state index in [1.54, 1.807) is 18.2 Å². The zero-order chi connectivity index (χ0) is 20.8. The molecule has 0 saturated heterocycles. The van der Waals surface area contributed by atoms with Gasteiger partial charge in [-0.25, -0.2) is 0 Å². The Hall–Kier alpha value is -3.20. The first-order valence-electron chi connectivity index (χ1n) is 9.11. The Labute approximate surface area is 172 Å². The van der Waals surface area contributed by atoms with E-state index in [1.807, 2.05) is 36.6 Å². The Kier molecular flexibility index (Phi) is 6.61. The standard InChI is InChI=1S/C20H21N5O3S/c1-3-24-18(12-21-19(26)16-6-4-5-14(2)11-16)22-23-20(24)29-13-15-7-9-17(10-8-15)25(27)28/h4-11H,3,12-13H2,1-2H3,(H,21,26). The zero-order valence-corrected chi connectivity index (χ0v) is 17.0. The molecule has 8 nitrogen and oxygen atoms in total. The molecule has 3 rings (SSSR count). The summed E-state index contributed by atoms with van der Waals surface area (Å²) in [6.07, 6.45) is 0. The molecule has 0 aliphatic rings. The van der Waals surface area contributed by atoms with Crippen molar-refractivity contribution in [3.63, 3.8) is 0 Å². The van der Waals surface area contributed by atoms with E-state index in [0.29, 0.717) is 23.7 Å². The maximum absolute atomic E-state index is 12.3. The van der Waals surface area contributed by atoms with Crippen molar-refractivity contribution in [2.45, 2.75) is 37.8 Å². The van der Waals surface area contributed by atoms with Gasteiger partial charge in [0.1, 0.15) is 0 Å². The molecule has 0 radical (unpaired) electrons. The lowest BCUT2D eigenvalue weighted by molar-refractivity contribution is -0.384. The number of carbonyl (C=O) groups is 1. The summed E-state index contributed by atoms with van der Waals surface area (Å²) >= 11 is 1.50. The molecule has 2 aromatic carbocycles. The van der Waals surface area contributed by atoms with Gasteiger partial charge in [0.25, 0.3) is 11.6 Å². The van der Waals surface area contributed by atoms with Crippen LogP contribution in [0.15, 0.2) is 53.7 Å². The van der Waals surface area contributed by atoms with Gasteiger partial charge in [0.15, 0.2) is 11.0 Å². The second-order valence-electron chi connectivity index (χ2n) is 6.41. The molecule has 0 spiro atoms. The second kappa shape index (κ2) is 9.33. The van der Waals surface area contributed by atoms with E-state index in [-0.39, 0.29) is 18.1 Å². The highest BCUT2D eigenvalue weighted by Crippen LogP contribution is 2.23. The fourth-order valence-electron chi connectivity index (χ4n) is 2.78. The molecule has 0 fully saturated rings. The van der Waals surface area contributed by atoms with Gasteiger partial charge in [0.2, 0.25) is 0 Å². The Morgan fingerprint density at radius 3 is 2.62 bits per heavy atom. The number of nitro benzene ring substituents is 1.